The lowest BCUT2D eigenvalue weighted by atomic mass is 9.91. The molecule has 1 aromatic carbocycles. The summed E-state index contributed by atoms with van der Waals surface area (Å²) in [5.74, 6) is 0.0994. The zero-order chi connectivity index (χ0) is 14.1. The number of nitrogens with zero attached hydrogens (tertiary/aromatic N) is 1. The van der Waals surface area contributed by atoms with E-state index in [0.29, 0.717) is 12.2 Å². The van der Waals surface area contributed by atoms with Crippen LogP contribution in [0.5, 0.6) is 0 Å². The van der Waals surface area contributed by atoms with Gasteiger partial charge in [-0.15, -0.1) is 0 Å². The molecule has 2 aromatic rings. The maximum absolute atomic E-state index is 13.4. The maximum atomic E-state index is 13.4. The van der Waals surface area contributed by atoms with Crippen LogP contribution in [-0.2, 0) is 4.79 Å². The number of hydrogen-bond donors (Lipinski definition) is 2. The molecule has 0 spiro atoms. The third kappa shape index (κ3) is 2.38. The Kier molecular flexibility index (Phi) is 3.40. The molecule has 104 valence electrons. The van der Waals surface area contributed by atoms with Crippen molar-refractivity contribution in [3.63, 3.8) is 0 Å². The van der Waals surface area contributed by atoms with Gasteiger partial charge in [0, 0.05) is 18.9 Å². The van der Waals surface area contributed by atoms with Crippen LogP contribution in [0, 0.1) is 5.82 Å². The van der Waals surface area contributed by atoms with Gasteiger partial charge in [-0.05, 0) is 24.6 Å². The highest BCUT2D eigenvalue weighted by Crippen LogP contribution is 2.42. The minimum absolute atomic E-state index is 0.0832. The summed E-state index contributed by atoms with van der Waals surface area (Å²) < 4.78 is 13.4. The van der Waals surface area contributed by atoms with Crippen molar-refractivity contribution in [2.45, 2.75) is 19.3 Å². The van der Waals surface area contributed by atoms with Gasteiger partial charge in [0.2, 0.25) is 5.91 Å². The Morgan fingerprint density at radius 1 is 1.55 bits per heavy atom. The number of benzene rings is 1. The van der Waals surface area contributed by atoms with Crippen LogP contribution in [0.25, 0.3) is 0 Å². The van der Waals surface area contributed by atoms with Crippen molar-refractivity contribution in [2.75, 3.05) is 17.2 Å². The first-order valence-electron chi connectivity index (χ1n) is 6.47. The Bertz CT molecular complexity index is 656. The number of hydrogen-bond acceptors (Lipinski definition) is 4. The van der Waals surface area contributed by atoms with Gasteiger partial charge in [-0.1, -0.05) is 23.5 Å². The van der Waals surface area contributed by atoms with Crippen molar-refractivity contribution in [3.8, 4) is 0 Å². The average Bonchev–Trinajstić information content (AvgIpc) is 2.80. The van der Waals surface area contributed by atoms with E-state index in [1.54, 1.807) is 6.07 Å². The third-order valence-corrected chi connectivity index (χ3v) is 4.32. The van der Waals surface area contributed by atoms with Crippen molar-refractivity contribution >= 4 is 28.2 Å². The third-order valence-electron chi connectivity index (χ3n) is 3.20. The first kappa shape index (κ1) is 13.1. The molecule has 1 aliphatic rings. The molecule has 0 bridgehead atoms. The molecular formula is C14H14FN3OS. The lowest BCUT2D eigenvalue weighted by Gasteiger charge is -2.21. The van der Waals surface area contributed by atoms with Crippen molar-refractivity contribution < 1.29 is 9.18 Å². The summed E-state index contributed by atoms with van der Waals surface area (Å²) in [6, 6.07) is 6.41. The molecule has 1 amide bonds. The molecule has 4 nitrogen and oxygen atoms in total. The maximum Gasteiger partial charge on any atom is 0.226 e. The van der Waals surface area contributed by atoms with Gasteiger partial charge >= 0.3 is 0 Å². The molecule has 1 aliphatic heterocycles. The van der Waals surface area contributed by atoms with Crippen molar-refractivity contribution in [1.82, 2.24) is 4.98 Å². The summed E-state index contributed by atoms with van der Waals surface area (Å²) in [5, 5.41) is 6.70. The van der Waals surface area contributed by atoms with Crippen LogP contribution in [-0.4, -0.2) is 17.4 Å². The van der Waals surface area contributed by atoms with Gasteiger partial charge < -0.3 is 10.6 Å². The fourth-order valence-corrected chi connectivity index (χ4v) is 3.46. The largest absolute Gasteiger partial charge is 0.362 e. The molecule has 2 N–H and O–H groups in total. The fourth-order valence-electron chi connectivity index (χ4n) is 2.34. The highest BCUT2D eigenvalue weighted by Gasteiger charge is 2.30. The number of thiazole rings is 1. The number of aromatic nitrogens is 1. The highest BCUT2D eigenvalue weighted by atomic mass is 32.1. The van der Waals surface area contributed by atoms with Gasteiger partial charge in [-0.25, -0.2) is 9.37 Å². The Labute approximate surface area is 120 Å². The smallest absolute Gasteiger partial charge is 0.226 e. The van der Waals surface area contributed by atoms with E-state index >= 15 is 0 Å². The lowest BCUT2D eigenvalue weighted by Crippen LogP contribution is -2.22. The van der Waals surface area contributed by atoms with Crippen LogP contribution in [0.2, 0.25) is 0 Å². The van der Waals surface area contributed by atoms with E-state index < -0.39 is 0 Å². The molecule has 20 heavy (non-hydrogen) atoms. The number of nitrogens with one attached hydrogen (secondary N) is 2. The number of rotatable bonds is 3. The second-order valence-electron chi connectivity index (χ2n) is 4.62. The van der Waals surface area contributed by atoms with E-state index in [1.807, 2.05) is 13.0 Å². The van der Waals surface area contributed by atoms with Gasteiger partial charge in [0.1, 0.15) is 11.6 Å². The van der Waals surface area contributed by atoms with Crippen molar-refractivity contribution in [2.24, 2.45) is 0 Å². The highest BCUT2D eigenvalue weighted by molar-refractivity contribution is 7.16. The van der Waals surface area contributed by atoms with Crippen LogP contribution >= 0.6 is 11.3 Å². The minimum Gasteiger partial charge on any atom is -0.362 e. The Balaban J connectivity index is 2.03. The van der Waals surface area contributed by atoms with E-state index in [-0.39, 0.29) is 17.6 Å². The predicted octanol–water partition coefficient (Wildman–Crippen LogP) is 3.19. The topological polar surface area (TPSA) is 54.0 Å². The lowest BCUT2D eigenvalue weighted by molar-refractivity contribution is -0.116. The number of amides is 1. The molecule has 1 unspecified atom stereocenters. The molecule has 2 heterocycles. The zero-order valence-corrected chi connectivity index (χ0v) is 11.8. The molecule has 0 saturated carbocycles. The summed E-state index contributed by atoms with van der Waals surface area (Å²) in [5.41, 5.74) is 0.813. The number of carbonyl (C=O) groups is 1. The molecule has 0 fully saturated rings. The first-order chi connectivity index (χ1) is 9.67. The van der Waals surface area contributed by atoms with E-state index in [9.17, 15) is 9.18 Å². The number of carbonyl (C=O) groups excluding carboxylic acids is 1. The van der Waals surface area contributed by atoms with Crippen molar-refractivity contribution in [3.05, 3.63) is 40.5 Å². The molecule has 0 aliphatic carbocycles. The van der Waals surface area contributed by atoms with Gasteiger partial charge in [0.25, 0.3) is 0 Å². The van der Waals surface area contributed by atoms with E-state index in [4.69, 9.17) is 0 Å². The number of halogens is 1. The number of fused-ring (bicyclic) bond motifs is 1. The predicted molar refractivity (Wildman–Crippen MR) is 77.8 cm³/mol. The van der Waals surface area contributed by atoms with Crippen LogP contribution in [0.1, 0.15) is 29.7 Å². The van der Waals surface area contributed by atoms with Crippen LogP contribution in [0.4, 0.5) is 15.3 Å². The normalized spacial score (nSPS) is 17.5. The zero-order valence-electron chi connectivity index (χ0n) is 10.9. The van der Waals surface area contributed by atoms with Gasteiger partial charge in [0.15, 0.2) is 5.13 Å². The van der Waals surface area contributed by atoms with Crippen LogP contribution < -0.4 is 10.6 Å². The Hall–Kier alpha value is -1.95. The summed E-state index contributed by atoms with van der Waals surface area (Å²) >= 11 is 1.51. The second-order valence-corrected chi connectivity index (χ2v) is 5.65. The van der Waals surface area contributed by atoms with Crippen molar-refractivity contribution in [1.29, 1.82) is 0 Å². The van der Waals surface area contributed by atoms with Gasteiger partial charge in [-0.3, -0.25) is 4.79 Å². The Morgan fingerprint density at radius 2 is 2.40 bits per heavy atom. The van der Waals surface area contributed by atoms with E-state index in [1.165, 1.54) is 23.5 Å². The minimum atomic E-state index is -0.286. The molecule has 0 radical (unpaired) electrons. The quantitative estimate of drug-likeness (QED) is 0.913. The van der Waals surface area contributed by atoms with Crippen LogP contribution in [0.15, 0.2) is 24.3 Å². The summed E-state index contributed by atoms with van der Waals surface area (Å²) in [4.78, 5) is 17.1. The second kappa shape index (κ2) is 5.20. The van der Waals surface area contributed by atoms with Crippen LogP contribution in [0.3, 0.4) is 0 Å². The van der Waals surface area contributed by atoms with E-state index in [2.05, 4.69) is 15.6 Å². The van der Waals surface area contributed by atoms with Gasteiger partial charge in [0.05, 0.1) is 4.88 Å². The number of anilines is 2. The molecule has 0 saturated heterocycles. The molecular weight excluding hydrogens is 277 g/mol. The molecule has 1 aromatic heterocycles. The molecule has 6 heteroatoms. The first-order valence-corrected chi connectivity index (χ1v) is 7.29. The average molecular weight is 291 g/mol. The van der Waals surface area contributed by atoms with E-state index in [0.717, 1.165) is 22.1 Å². The van der Waals surface area contributed by atoms with Gasteiger partial charge in [-0.2, -0.15) is 0 Å². The standard InChI is InChI=1S/C14H14FN3OS/c1-2-16-14-18-13-12(20-14)10(7-11(19)17-13)8-4-3-5-9(15)6-8/h3-6,10H,2,7H2,1H3,(H,16,18)(H,17,19). The summed E-state index contributed by atoms with van der Waals surface area (Å²) in [6.45, 7) is 2.76. The summed E-state index contributed by atoms with van der Waals surface area (Å²) in [6.07, 6.45) is 0.324. The monoisotopic (exact) mass is 291 g/mol. The SMILES string of the molecule is CCNc1nc2c(s1)C(c1cccc(F)c1)CC(=O)N2. The molecule has 3 rings (SSSR count). The summed E-state index contributed by atoms with van der Waals surface area (Å²) in [7, 11) is 0. The fraction of sp³-hybridized carbons (Fsp3) is 0.286. The Morgan fingerprint density at radius 3 is 3.15 bits per heavy atom. The molecule has 1 atom stereocenters.